The van der Waals surface area contributed by atoms with E-state index < -0.39 is 0 Å². The number of hydrogen-bond acceptors (Lipinski definition) is 7. The lowest BCUT2D eigenvalue weighted by molar-refractivity contribution is -0.132. The highest BCUT2D eigenvalue weighted by Crippen LogP contribution is 2.15. The predicted octanol–water partition coefficient (Wildman–Crippen LogP) is 1.51. The highest BCUT2D eigenvalue weighted by molar-refractivity contribution is 7.15. The number of aromatic nitrogens is 2. The summed E-state index contributed by atoms with van der Waals surface area (Å²) in [5.74, 6) is 0.0530. The van der Waals surface area contributed by atoms with E-state index in [-0.39, 0.29) is 11.5 Å². The smallest absolute Gasteiger partial charge is 0.258 e. The summed E-state index contributed by atoms with van der Waals surface area (Å²) < 4.78 is 1.57. The molecule has 9 heteroatoms. The monoisotopic (exact) mass is 436 g/mol. The Kier molecular flexibility index (Phi) is 5.63. The zero-order valence-corrected chi connectivity index (χ0v) is 18.0. The predicted molar refractivity (Wildman–Crippen MR) is 120 cm³/mol. The average molecular weight is 437 g/mol. The van der Waals surface area contributed by atoms with Crippen LogP contribution in [0.4, 0.5) is 0 Å². The Balaban J connectivity index is 1.13. The van der Waals surface area contributed by atoms with E-state index in [1.807, 2.05) is 35.7 Å². The molecular formula is C22H24N6O2S. The lowest BCUT2D eigenvalue weighted by Crippen LogP contribution is -2.49. The van der Waals surface area contributed by atoms with Crippen molar-refractivity contribution in [2.45, 2.75) is 13.0 Å². The molecule has 0 unspecified atom stereocenters. The number of nitrogens with zero attached hydrogens (tertiary/aromatic N) is 6. The van der Waals surface area contributed by atoms with E-state index in [1.165, 1.54) is 11.3 Å². The number of carbonyl (C=O) groups is 1. The summed E-state index contributed by atoms with van der Waals surface area (Å²) in [6.07, 6.45) is 2.55. The van der Waals surface area contributed by atoms with Crippen molar-refractivity contribution in [3.05, 3.63) is 69.6 Å². The number of hydrogen-bond donors (Lipinski definition) is 0. The molecule has 2 aromatic heterocycles. The van der Waals surface area contributed by atoms with Crippen LogP contribution < -0.4 is 5.56 Å². The first kappa shape index (κ1) is 20.0. The Morgan fingerprint density at radius 3 is 2.61 bits per heavy atom. The molecule has 3 aromatic rings. The molecular weight excluding hydrogens is 412 g/mol. The Hall–Kier alpha value is -2.88. The van der Waals surface area contributed by atoms with E-state index in [2.05, 4.69) is 19.9 Å². The van der Waals surface area contributed by atoms with Crippen LogP contribution >= 0.6 is 11.3 Å². The number of amides is 1. The van der Waals surface area contributed by atoms with Gasteiger partial charge in [0, 0.05) is 56.8 Å². The quantitative estimate of drug-likeness (QED) is 0.606. The standard InChI is InChI=1S/C22H24N6O2S/c29-20-14-18(23-22-27(20)12-13-31-22)15-25-8-10-26(11-9-25)16-21(30)28-7-6-19(24-28)17-4-2-1-3-5-17/h1-5,12-14H,6-11,15-16H2. The molecule has 2 aliphatic rings. The highest BCUT2D eigenvalue weighted by Gasteiger charge is 2.25. The lowest BCUT2D eigenvalue weighted by Gasteiger charge is -2.34. The Morgan fingerprint density at radius 1 is 1.03 bits per heavy atom. The lowest BCUT2D eigenvalue weighted by atomic mass is 10.1. The third-order valence-electron chi connectivity index (χ3n) is 5.76. The van der Waals surface area contributed by atoms with Crippen LogP contribution in [-0.4, -0.2) is 75.1 Å². The number of carbonyl (C=O) groups excluding carboxylic acids is 1. The molecule has 0 radical (unpaired) electrons. The van der Waals surface area contributed by atoms with Crippen molar-refractivity contribution in [3.8, 4) is 0 Å². The maximum Gasteiger partial charge on any atom is 0.258 e. The van der Waals surface area contributed by atoms with Crippen molar-refractivity contribution >= 4 is 27.9 Å². The van der Waals surface area contributed by atoms with E-state index in [4.69, 9.17) is 0 Å². The maximum absolute atomic E-state index is 12.7. The fraction of sp³-hybridized carbons (Fsp3) is 0.364. The van der Waals surface area contributed by atoms with Crippen LogP contribution in [0.25, 0.3) is 4.96 Å². The van der Waals surface area contributed by atoms with Gasteiger partial charge in [-0.25, -0.2) is 9.99 Å². The zero-order chi connectivity index (χ0) is 21.2. The fourth-order valence-corrected chi connectivity index (χ4v) is 4.79. The van der Waals surface area contributed by atoms with Crippen LogP contribution in [-0.2, 0) is 11.3 Å². The molecule has 1 fully saturated rings. The van der Waals surface area contributed by atoms with Crippen LogP contribution in [0.2, 0.25) is 0 Å². The van der Waals surface area contributed by atoms with Crippen LogP contribution in [0.5, 0.6) is 0 Å². The van der Waals surface area contributed by atoms with Gasteiger partial charge < -0.3 is 0 Å². The molecule has 8 nitrogen and oxygen atoms in total. The Bertz CT molecular complexity index is 1160. The van der Waals surface area contributed by atoms with E-state index in [0.717, 1.165) is 54.5 Å². The highest BCUT2D eigenvalue weighted by atomic mass is 32.1. The SMILES string of the molecule is O=C(CN1CCN(Cc2cc(=O)n3ccsc3n2)CC1)N1CCC(c2ccccc2)=N1. The molecule has 5 rings (SSSR count). The minimum absolute atomic E-state index is 0.0356. The van der Waals surface area contributed by atoms with E-state index >= 15 is 0 Å². The summed E-state index contributed by atoms with van der Waals surface area (Å²) in [7, 11) is 0. The minimum atomic E-state index is -0.0356. The topological polar surface area (TPSA) is 73.5 Å². The molecule has 1 amide bonds. The first-order valence-corrected chi connectivity index (χ1v) is 11.4. The summed E-state index contributed by atoms with van der Waals surface area (Å²) in [4.78, 5) is 34.7. The van der Waals surface area contributed by atoms with Gasteiger partial charge in [-0.2, -0.15) is 5.10 Å². The van der Waals surface area contributed by atoms with Gasteiger partial charge in [0.2, 0.25) is 0 Å². The number of thiazole rings is 1. The number of fused-ring (bicyclic) bond motifs is 1. The van der Waals surface area contributed by atoms with E-state index in [1.54, 1.807) is 21.7 Å². The van der Waals surface area contributed by atoms with Crippen LogP contribution in [0.15, 0.2) is 57.9 Å². The second-order valence-electron chi connectivity index (χ2n) is 7.87. The normalized spacial score (nSPS) is 17.9. The first-order chi connectivity index (χ1) is 15.2. The summed E-state index contributed by atoms with van der Waals surface area (Å²) in [5, 5.41) is 8.03. The van der Waals surface area contributed by atoms with Crippen LogP contribution in [0.3, 0.4) is 0 Å². The van der Waals surface area contributed by atoms with Gasteiger partial charge in [0.25, 0.3) is 11.5 Å². The molecule has 0 bridgehead atoms. The van der Waals surface area contributed by atoms with Crippen LogP contribution in [0, 0.1) is 0 Å². The van der Waals surface area contributed by atoms with Crippen molar-refractivity contribution in [2.24, 2.45) is 5.10 Å². The van der Waals surface area contributed by atoms with Crippen molar-refractivity contribution in [1.82, 2.24) is 24.2 Å². The Morgan fingerprint density at radius 2 is 1.81 bits per heavy atom. The number of hydrazone groups is 1. The van der Waals surface area contributed by atoms with Gasteiger partial charge in [-0.15, -0.1) is 11.3 Å². The number of rotatable bonds is 5. The Labute approximate surface area is 184 Å². The number of piperazine rings is 1. The molecule has 160 valence electrons. The molecule has 1 saturated heterocycles. The summed E-state index contributed by atoms with van der Waals surface area (Å²) >= 11 is 1.47. The summed E-state index contributed by atoms with van der Waals surface area (Å²) in [5.41, 5.74) is 2.83. The van der Waals surface area contributed by atoms with Crippen molar-refractivity contribution in [2.75, 3.05) is 39.3 Å². The van der Waals surface area contributed by atoms with Gasteiger partial charge in [-0.05, 0) is 5.56 Å². The fourth-order valence-electron chi connectivity index (χ4n) is 4.05. The van der Waals surface area contributed by atoms with Crippen molar-refractivity contribution in [3.63, 3.8) is 0 Å². The van der Waals surface area contributed by atoms with Gasteiger partial charge >= 0.3 is 0 Å². The summed E-state index contributed by atoms with van der Waals surface area (Å²) in [6.45, 7) is 5.01. The third kappa shape index (κ3) is 4.43. The van der Waals surface area contributed by atoms with Crippen molar-refractivity contribution in [1.29, 1.82) is 0 Å². The molecule has 2 aliphatic heterocycles. The number of benzene rings is 1. The molecule has 0 atom stereocenters. The molecule has 1 aromatic carbocycles. The third-order valence-corrected chi connectivity index (χ3v) is 6.52. The van der Waals surface area contributed by atoms with Crippen molar-refractivity contribution < 1.29 is 4.79 Å². The van der Waals surface area contributed by atoms with Gasteiger partial charge in [0.05, 0.1) is 24.5 Å². The molecule has 0 aliphatic carbocycles. The minimum Gasteiger partial charge on any atom is -0.295 e. The second kappa shape index (κ2) is 8.70. The van der Waals surface area contributed by atoms with Crippen LogP contribution in [0.1, 0.15) is 17.7 Å². The van der Waals surface area contributed by atoms with E-state index in [0.29, 0.717) is 19.6 Å². The zero-order valence-electron chi connectivity index (χ0n) is 17.2. The average Bonchev–Trinajstić information content (AvgIpc) is 3.46. The molecule has 0 spiro atoms. The first-order valence-electron chi connectivity index (χ1n) is 10.5. The molecule has 0 N–H and O–H groups in total. The van der Waals surface area contributed by atoms with E-state index in [9.17, 15) is 9.59 Å². The molecule has 4 heterocycles. The maximum atomic E-state index is 12.7. The van der Waals surface area contributed by atoms with Gasteiger partial charge in [0.1, 0.15) is 0 Å². The van der Waals surface area contributed by atoms with Gasteiger partial charge in [-0.1, -0.05) is 30.3 Å². The van der Waals surface area contributed by atoms with Gasteiger partial charge in [-0.3, -0.25) is 23.8 Å². The largest absolute Gasteiger partial charge is 0.295 e. The molecule has 31 heavy (non-hydrogen) atoms. The summed E-state index contributed by atoms with van der Waals surface area (Å²) in [6, 6.07) is 11.7. The molecule has 0 saturated carbocycles. The second-order valence-corrected chi connectivity index (χ2v) is 8.75. The van der Waals surface area contributed by atoms with Gasteiger partial charge in [0.15, 0.2) is 4.96 Å².